The first-order valence-electron chi connectivity index (χ1n) is 7.07. The number of hydrogen-bond donors (Lipinski definition) is 1. The molecule has 0 radical (unpaired) electrons. The second-order valence-corrected chi connectivity index (χ2v) is 5.28. The molecule has 19 heavy (non-hydrogen) atoms. The van der Waals surface area contributed by atoms with Crippen molar-refractivity contribution >= 4 is 12.0 Å². The molecule has 2 aliphatic rings. The Bertz CT molecular complexity index is 489. The first kappa shape index (κ1) is 12.3. The van der Waals surface area contributed by atoms with Gasteiger partial charge in [-0.1, -0.05) is 43.5 Å². The summed E-state index contributed by atoms with van der Waals surface area (Å²) in [7, 11) is 0. The Morgan fingerprint density at radius 1 is 1.16 bits per heavy atom. The smallest absolute Gasteiger partial charge is 0.265 e. The molecule has 1 N–H and O–H groups in total. The van der Waals surface area contributed by atoms with Crippen molar-refractivity contribution in [2.75, 3.05) is 0 Å². The van der Waals surface area contributed by atoms with Crippen LogP contribution in [-0.2, 0) is 4.79 Å². The lowest BCUT2D eigenvalue weighted by molar-refractivity contribution is -0.127. The van der Waals surface area contributed by atoms with Gasteiger partial charge in [0.05, 0.1) is 0 Å². The molecule has 1 aromatic carbocycles. The molecule has 100 valence electrons. The number of carbonyl (C=O) groups is 1. The quantitative estimate of drug-likeness (QED) is 0.884. The molecule has 1 aromatic rings. The Morgan fingerprint density at radius 3 is 2.79 bits per heavy atom. The third kappa shape index (κ3) is 2.80. The molecule has 0 aromatic heterocycles. The maximum Gasteiger partial charge on any atom is 0.265 e. The monoisotopic (exact) mass is 257 g/mol. The van der Waals surface area contributed by atoms with Crippen LogP contribution in [0.3, 0.4) is 0 Å². The summed E-state index contributed by atoms with van der Waals surface area (Å²) in [6.45, 7) is 0. The molecule has 1 aliphatic carbocycles. The third-order valence-electron chi connectivity index (χ3n) is 3.83. The molecule has 0 bridgehead atoms. The van der Waals surface area contributed by atoms with Crippen LogP contribution < -0.4 is 10.1 Å². The SMILES string of the molecule is O=C(NC1CCCCC1)C1C=Cc2ccccc2O1. The van der Waals surface area contributed by atoms with E-state index in [1.807, 2.05) is 36.4 Å². The Morgan fingerprint density at radius 2 is 1.95 bits per heavy atom. The number of nitrogens with one attached hydrogen (secondary N) is 1. The molecule has 3 heteroatoms. The number of carbonyl (C=O) groups excluding carboxylic acids is 1. The van der Waals surface area contributed by atoms with Crippen molar-refractivity contribution in [3.8, 4) is 5.75 Å². The zero-order valence-electron chi connectivity index (χ0n) is 11.0. The summed E-state index contributed by atoms with van der Waals surface area (Å²) in [6, 6.07) is 8.11. The summed E-state index contributed by atoms with van der Waals surface area (Å²) in [6.07, 6.45) is 9.23. The summed E-state index contributed by atoms with van der Waals surface area (Å²) in [4.78, 5) is 12.2. The normalized spacial score (nSPS) is 22.4. The lowest BCUT2D eigenvalue weighted by Gasteiger charge is -2.26. The fourth-order valence-corrected chi connectivity index (χ4v) is 2.76. The molecule has 1 fully saturated rings. The van der Waals surface area contributed by atoms with Crippen LogP contribution in [0.25, 0.3) is 6.08 Å². The summed E-state index contributed by atoms with van der Waals surface area (Å²) >= 11 is 0. The molecule has 1 amide bonds. The van der Waals surface area contributed by atoms with Gasteiger partial charge in [-0.25, -0.2) is 0 Å². The number of para-hydroxylation sites is 1. The average Bonchev–Trinajstić information content (AvgIpc) is 2.48. The van der Waals surface area contributed by atoms with Gasteiger partial charge in [-0.15, -0.1) is 0 Å². The van der Waals surface area contributed by atoms with E-state index in [1.165, 1.54) is 19.3 Å². The van der Waals surface area contributed by atoms with E-state index in [1.54, 1.807) is 0 Å². The molecule has 1 atom stereocenters. The lowest BCUT2D eigenvalue weighted by atomic mass is 9.95. The minimum absolute atomic E-state index is 0.0161. The predicted octanol–water partition coefficient (Wildman–Crippen LogP) is 2.91. The van der Waals surface area contributed by atoms with E-state index >= 15 is 0 Å². The van der Waals surface area contributed by atoms with E-state index in [-0.39, 0.29) is 5.91 Å². The lowest BCUT2D eigenvalue weighted by Crippen LogP contribution is -2.44. The third-order valence-corrected chi connectivity index (χ3v) is 3.83. The highest BCUT2D eigenvalue weighted by molar-refractivity contribution is 5.85. The van der Waals surface area contributed by atoms with Crippen LogP contribution in [0.15, 0.2) is 30.3 Å². The van der Waals surface area contributed by atoms with E-state index < -0.39 is 6.10 Å². The number of amides is 1. The Hall–Kier alpha value is -1.77. The van der Waals surface area contributed by atoms with Crippen molar-refractivity contribution in [1.82, 2.24) is 5.32 Å². The van der Waals surface area contributed by atoms with Crippen molar-refractivity contribution in [3.05, 3.63) is 35.9 Å². The highest BCUT2D eigenvalue weighted by atomic mass is 16.5. The number of ether oxygens (including phenoxy) is 1. The molecule has 1 heterocycles. The summed E-state index contributed by atoms with van der Waals surface area (Å²) in [5.41, 5.74) is 1.03. The van der Waals surface area contributed by atoms with Gasteiger partial charge in [0.2, 0.25) is 0 Å². The number of rotatable bonds is 2. The molecule has 0 saturated heterocycles. The van der Waals surface area contributed by atoms with Crippen LogP contribution in [-0.4, -0.2) is 18.1 Å². The Kier molecular flexibility index (Phi) is 3.53. The molecule has 0 spiro atoms. The Balaban J connectivity index is 1.63. The predicted molar refractivity (Wildman–Crippen MR) is 74.9 cm³/mol. The van der Waals surface area contributed by atoms with Crippen molar-refractivity contribution in [1.29, 1.82) is 0 Å². The standard InChI is InChI=1S/C16H19NO2/c18-16(17-13-7-2-1-3-8-13)15-11-10-12-6-4-5-9-14(12)19-15/h4-6,9-11,13,15H,1-3,7-8H2,(H,17,18). The van der Waals surface area contributed by atoms with Gasteiger partial charge in [-0.2, -0.15) is 0 Å². The van der Waals surface area contributed by atoms with E-state index in [0.29, 0.717) is 6.04 Å². The average molecular weight is 257 g/mol. The van der Waals surface area contributed by atoms with E-state index in [9.17, 15) is 4.79 Å². The number of fused-ring (bicyclic) bond motifs is 1. The fourth-order valence-electron chi connectivity index (χ4n) is 2.76. The summed E-state index contributed by atoms with van der Waals surface area (Å²) in [5.74, 6) is 0.770. The van der Waals surface area contributed by atoms with Gasteiger partial charge in [0, 0.05) is 11.6 Å². The highest BCUT2D eigenvalue weighted by Crippen LogP contribution is 2.25. The van der Waals surface area contributed by atoms with Gasteiger partial charge < -0.3 is 10.1 Å². The highest BCUT2D eigenvalue weighted by Gasteiger charge is 2.24. The fraction of sp³-hybridized carbons (Fsp3) is 0.438. The first-order valence-corrected chi connectivity index (χ1v) is 7.07. The zero-order chi connectivity index (χ0) is 13.1. The van der Waals surface area contributed by atoms with Gasteiger partial charge in [0.25, 0.3) is 5.91 Å². The summed E-state index contributed by atoms with van der Waals surface area (Å²) in [5, 5.41) is 3.10. The summed E-state index contributed by atoms with van der Waals surface area (Å²) < 4.78 is 5.74. The molecular formula is C16H19NO2. The van der Waals surface area contributed by atoms with Crippen LogP contribution in [0.4, 0.5) is 0 Å². The van der Waals surface area contributed by atoms with E-state index in [0.717, 1.165) is 24.2 Å². The Labute approximate surface area is 113 Å². The molecule has 1 aliphatic heterocycles. The number of hydrogen-bond acceptors (Lipinski definition) is 2. The topological polar surface area (TPSA) is 38.3 Å². The molecule has 1 saturated carbocycles. The largest absolute Gasteiger partial charge is 0.476 e. The van der Waals surface area contributed by atoms with Gasteiger partial charge in [0.15, 0.2) is 6.10 Å². The second kappa shape index (κ2) is 5.47. The first-order chi connectivity index (χ1) is 9.33. The number of benzene rings is 1. The molecule has 1 unspecified atom stereocenters. The molecule has 3 nitrogen and oxygen atoms in total. The van der Waals surface area contributed by atoms with Crippen LogP contribution in [0.2, 0.25) is 0 Å². The minimum atomic E-state index is -0.489. The molecular weight excluding hydrogens is 238 g/mol. The van der Waals surface area contributed by atoms with Crippen LogP contribution in [0.1, 0.15) is 37.7 Å². The van der Waals surface area contributed by atoms with Gasteiger partial charge in [-0.05, 0) is 25.0 Å². The van der Waals surface area contributed by atoms with Crippen molar-refractivity contribution in [3.63, 3.8) is 0 Å². The van der Waals surface area contributed by atoms with Crippen LogP contribution in [0.5, 0.6) is 5.75 Å². The van der Waals surface area contributed by atoms with Gasteiger partial charge >= 0.3 is 0 Å². The van der Waals surface area contributed by atoms with E-state index in [4.69, 9.17) is 4.74 Å². The van der Waals surface area contributed by atoms with Gasteiger partial charge in [-0.3, -0.25) is 4.79 Å². The minimum Gasteiger partial charge on any atom is -0.476 e. The van der Waals surface area contributed by atoms with Crippen LogP contribution >= 0.6 is 0 Å². The maximum atomic E-state index is 12.2. The van der Waals surface area contributed by atoms with Crippen molar-refractivity contribution in [2.45, 2.75) is 44.2 Å². The zero-order valence-corrected chi connectivity index (χ0v) is 11.0. The van der Waals surface area contributed by atoms with Crippen LogP contribution in [0, 0.1) is 0 Å². The molecule has 3 rings (SSSR count). The van der Waals surface area contributed by atoms with E-state index in [2.05, 4.69) is 5.32 Å². The second-order valence-electron chi connectivity index (χ2n) is 5.28. The maximum absolute atomic E-state index is 12.2. The van der Waals surface area contributed by atoms with Gasteiger partial charge in [0.1, 0.15) is 5.75 Å². The van der Waals surface area contributed by atoms with Crippen molar-refractivity contribution in [2.24, 2.45) is 0 Å². The van der Waals surface area contributed by atoms with Crippen molar-refractivity contribution < 1.29 is 9.53 Å².